The fourth-order valence-electron chi connectivity index (χ4n) is 5.13. The number of hydrogen-bond donors (Lipinski definition) is 1. The van der Waals surface area contributed by atoms with Gasteiger partial charge in [0, 0.05) is 23.2 Å². The summed E-state index contributed by atoms with van der Waals surface area (Å²) in [6.45, 7) is 0. The van der Waals surface area contributed by atoms with Crippen LogP contribution in [0.5, 0.6) is 0 Å². The van der Waals surface area contributed by atoms with Gasteiger partial charge in [-0.1, -0.05) is 49.2 Å². The van der Waals surface area contributed by atoms with Crippen molar-refractivity contribution >= 4 is 28.1 Å². The average molecular weight is 386 g/mol. The number of nitro benzene ring substituents is 1. The first-order valence-electron chi connectivity index (χ1n) is 10.2. The molecule has 1 amide bonds. The van der Waals surface area contributed by atoms with Crippen molar-refractivity contribution in [1.82, 2.24) is 0 Å². The Morgan fingerprint density at radius 2 is 1.62 bits per heavy atom. The second-order valence-electron chi connectivity index (χ2n) is 8.16. The summed E-state index contributed by atoms with van der Waals surface area (Å²) >= 11 is 0. The molecule has 0 bridgehead atoms. The number of benzene rings is 3. The van der Waals surface area contributed by atoms with Crippen molar-refractivity contribution in [3.63, 3.8) is 0 Å². The molecule has 0 atom stereocenters. The van der Waals surface area contributed by atoms with E-state index < -0.39 is 10.3 Å². The Labute approximate surface area is 168 Å². The Balaban J connectivity index is 1.52. The highest BCUT2D eigenvalue weighted by molar-refractivity contribution is 6.08. The van der Waals surface area contributed by atoms with E-state index in [1.807, 2.05) is 6.07 Å². The molecule has 2 aliphatic carbocycles. The number of anilines is 1. The molecule has 2 aliphatic rings. The fraction of sp³-hybridized carbons (Fsp3) is 0.292. The van der Waals surface area contributed by atoms with Crippen molar-refractivity contribution in [2.75, 3.05) is 5.32 Å². The van der Waals surface area contributed by atoms with Crippen LogP contribution in [-0.4, -0.2) is 10.8 Å². The standard InChI is InChI=1S/C24H22N2O3/c27-23(24(14-1-2-15-24)18-9-11-19(12-10-18)26(28)29)25-21-13-8-17-7-6-16-4-3-5-20(21)22(16)17/h3-5,8-13H,1-2,6-7,14-15H2,(H,25,27). The second kappa shape index (κ2) is 6.69. The van der Waals surface area contributed by atoms with Gasteiger partial charge in [0.05, 0.1) is 10.3 Å². The van der Waals surface area contributed by atoms with E-state index in [9.17, 15) is 14.9 Å². The van der Waals surface area contributed by atoms with Gasteiger partial charge in [-0.15, -0.1) is 0 Å². The molecule has 0 radical (unpaired) electrons. The predicted octanol–water partition coefficient (Wildman–Crippen LogP) is 5.30. The van der Waals surface area contributed by atoms with Crippen molar-refractivity contribution in [3.05, 3.63) is 81.4 Å². The summed E-state index contributed by atoms with van der Waals surface area (Å²) in [6, 6.07) is 16.9. The Morgan fingerprint density at radius 1 is 0.931 bits per heavy atom. The van der Waals surface area contributed by atoms with Crippen LogP contribution in [0.1, 0.15) is 42.4 Å². The van der Waals surface area contributed by atoms with E-state index >= 15 is 0 Å². The first kappa shape index (κ1) is 17.9. The van der Waals surface area contributed by atoms with Crippen molar-refractivity contribution in [2.24, 2.45) is 0 Å². The molecule has 29 heavy (non-hydrogen) atoms. The maximum absolute atomic E-state index is 13.5. The molecule has 3 aromatic rings. The quantitative estimate of drug-likeness (QED) is 0.489. The summed E-state index contributed by atoms with van der Waals surface area (Å²) in [7, 11) is 0. The molecule has 146 valence electrons. The third-order valence-corrected chi connectivity index (χ3v) is 6.65. The van der Waals surface area contributed by atoms with E-state index in [0.717, 1.165) is 55.2 Å². The van der Waals surface area contributed by atoms with Gasteiger partial charge in [0.2, 0.25) is 5.91 Å². The largest absolute Gasteiger partial charge is 0.325 e. The Morgan fingerprint density at radius 3 is 2.31 bits per heavy atom. The number of non-ortho nitro benzene ring substituents is 1. The van der Waals surface area contributed by atoms with Crippen molar-refractivity contribution in [1.29, 1.82) is 0 Å². The second-order valence-corrected chi connectivity index (χ2v) is 8.16. The number of nitrogens with one attached hydrogen (secondary N) is 1. The summed E-state index contributed by atoms with van der Waals surface area (Å²) in [4.78, 5) is 24.1. The number of rotatable bonds is 4. The van der Waals surface area contributed by atoms with Crippen LogP contribution >= 0.6 is 0 Å². The van der Waals surface area contributed by atoms with Gasteiger partial charge in [0.15, 0.2) is 0 Å². The maximum atomic E-state index is 13.5. The molecule has 0 aromatic heterocycles. The zero-order valence-electron chi connectivity index (χ0n) is 16.1. The summed E-state index contributed by atoms with van der Waals surface area (Å²) in [5.74, 6) is -0.0115. The van der Waals surface area contributed by atoms with Gasteiger partial charge in [0.25, 0.3) is 5.69 Å². The highest BCUT2D eigenvalue weighted by Gasteiger charge is 2.43. The maximum Gasteiger partial charge on any atom is 0.269 e. The summed E-state index contributed by atoms with van der Waals surface area (Å²) in [5, 5.41) is 16.6. The molecule has 5 nitrogen and oxygen atoms in total. The first-order chi connectivity index (χ1) is 14.1. The van der Waals surface area contributed by atoms with E-state index in [2.05, 4.69) is 29.6 Å². The number of carbonyl (C=O) groups is 1. The minimum absolute atomic E-state index is 0.0115. The van der Waals surface area contributed by atoms with Gasteiger partial charge in [-0.2, -0.15) is 0 Å². The van der Waals surface area contributed by atoms with E-state index in [1.54, 1.807) is 12.1 Å². The topological polar surface area (TPSA) is 72.2 Å². The number of hydrogen-bond acceptors (Lipinski definition) is 3. The van der Waals surface area contributed by atoms with Crippen LogP contribution in [0.3, 0.4) is 0 Å². The molecule has 3 aromatic carbocycles. The third-order valence-electron chi connectivity index (χ3n) is 6.65. The molecule has 1 N–H and O–H groups in total. The zero-order valence-corrected chi connectivity index (χ0v) is 16.1. The van der Waals surface area contributed by atoms with Gasteiger partial charge in [-0.3, -0.25) is 14.9 Å². The molecule has 0 spiro atoms. The molecule has 1 fully saturated rings. The lowest BCUT2D eigenvalue weighted by Crippen LogP contribution is -2.38. The van der Waals surface area contributed by atoms with E-state index in [4.69, 9.17) is 0 Å². The van der Waals surface area contributed by atoms with E-state index in [-0.39, 0.29) is 11.6 Å². The van der Waals surface area contributed by atoms with Crippen molar-refractivity contribution in [3.8, 4) is 0 Å². The highest BCUT2D eigenvalue weighted by atomic mass is 16.6. The lowest BCUT2D eigenvalue weighted by atomic mass is 9.77. The smallest absolute Gasteiger partial charge is 0.269 e. The number of nitro groups is 1. The molecule has 5 heteroatoms. The van der Waals surface area contributed by atoms with Crippen LogP contribution in [0.15, 0.2) is 54.6 Å². The van der Waals surface area contributed by atoms with Crippen LogP contribution in [0.25, 0.3) is 10.8 Å². The normalized spacial score (nSPS) is 16.8. The number of nitrogens with zero attached hydrogens (tertiary/aromatic N) is 1. The molecule has 0 unspecified atom stereocenters. The van der Waals surface area contributed by atoms with Gasteiger partial charge in [-0.25, -0.2) is 0 Å². The van der Waals surface area contributed by atoms with Gasteiger partial charge >= 0.3 is 0 Å². The van der Waals surface area contributed by atoms with Gasteiger partial charge in [0.1, 0.15) is 0 Å². The van der Waals surface area contributed by atoms with Crippen LogP contribution in [0, 0.1) is 10.1 Å². The van der Waals surface area contributed by atoms with Gasteiger partial charge in [-0.05, 0) is 53.8 Å². The minimum atomic E-state index is -0.627. The monoisotopic (exact) mass is 386 g/mol. The van der Waals surface area contributed by atoms with Gasteiger partial charge < -0.3 is 5.32 Å². The van der Waals surface area contributed by atoms with Crippen LogP contribution < -0.4 is 5.32 Å². The first-order valence-corrected chi connectivity index (χ1v) is 10.2. The number of aryl methyl sites for hydroxylation is 2. The Bertz CT molecular complexity index is 1120. The molecule has 0 heterocycles. The number of amides is 1. The lowest BCUT2D eigenvalue weighted by Gasteiger charge is -2.28. The van der Waals surface area contributed by atoms with E-state index in [1.165, 1.54) is 28.6 Å². The van der Waals surface area contributed by atoms with Crippen LogP contribution in [0.4, 0.5) is 11.4 Å². The van der Waals surface area contributed by atoms with Crippen LogP contribution in [0.2, 0.25) is 0 Å². The summed E-state index contributed by atoms with van der Waals surface area (Å²) in [5.41, 5.74) is 3.83. The van der Waals surface area contributed by atoms with Crippen molar-refractivity contribution in [2.45, 2.75) is 43.9 Å². The van der Waals surface area contributed by atoms with Crippen molar-refractivity contribution < 1.29 is 9.72 Å². The molecule has 5 rings (SSSR count). The summed E-state index contributed by atoms with van der Waals surface area (Å²) in [6.07, 6.45) is 5.59. The lowest BCUT2D eigenvalue weighted by molar-refractivity contribution is -0.384. The Hall–Kier alpha value is -3.21. The SMILES string of the molecule is O=C(Nc1ccc2c3c(cccc13)CC2)C1(c2ccc([N+](=O)[O-])cc2)CCCC1. The molecular weight excluding hydrogens is 364 g/mol. The Kier molecular flexibility index (Phi) is 4.12. The zero-order chi connectivity index (χ0) is 20.0. The average Bonchev–Trinajstić information content (AvgIpc) is 3.39. The number of carbonyl (C=O) groups excluding carboxylic acids is 1. The molecule has 0 saturated heterocycles. The summed E-state index contributed by atoms with van der Waals surface area (Å²) < 4.78 is 0. The molecular formula is C24H22N2O3. The molecule has 0 aliphatic heterocycles. The highest BCUT2D eigenvalue weighted by Crippen LogP contribution is 2.43. The molecule has 1 saturated carbocycles. The predicted molar refractivity (Wildman–Crippen MR) is 113 cm³/mol. The third kappa shape index (κ3) is 2.80. The van der Waals surface area contributed by atoms with E-state index in [0.29, 0.717) is 0 Å². The van der Waals surface area contributed by atoms with Crippen LogP contribution in [-0.2, 0) is 23.1 Å². The fourth-order valence-corrected chi connectivity index (χ4v) is 5.13. The minimum Gasteiger partial charge on any atom is -0.325 e.